The molecule has 0 fully saturated rings. The van der Waals surface area contributed by atoms with Crippen molar-refractivity contribution in [2.24, 2.45) is 0 Å². The van der Waals surface area contributed by atoms with Gasteiger partial charge in [0.15, 0.2) is 5.82 Å². The highest BCUT2D eigenvalue weighted by Gasteiger charge is 2.22. The minimum atomic E-state index is 0.513. The van der Waals surface area contributed by atoms with E-state index in [9.17, 15) is 0 Å². The summed E-state index contributed by atoms with van der Waals surface area (Å²) < 4.78 is 2.05. The van der Waals surface area contributed by atoms with Gasteiger partial charge in [0, 0.05) is 5.92 Å². The highest BCUT2D eigenvalue weighted by Crippen LogP contribution is 2.29. The van der Waals surface area contributed by atoms with Crippen molar-refractivity contribution in [2.45, 2.75) is 57.9 Å². The standard InChI is InChI=1S/C10H18N4/c1-3-9-7-5-4-6-8(2)10-11-12-13-14(9)10/h8-9H,3-7H2,1-2H3. The lowest BCUT2D eigenvalue weighted by atomic mass is 9.96. The highest BCUT2D eigenvalue weighted by atomic mass is 15.5. The zero-order valence-corrected chi connectivity index (χ0v) is 8.98. The van der Waals surface area contributed by atoms with E-state index in [0.717, 1.165) is 12.2 Å². The maximum absolute atomic E-state index is 4.14. The maximum atomic E-state index is 4.14. The van der Waals surface area contributed by atoms with E-state index in [2.05, 4.69) is 29.4 Å². The van der Waals surface area contributed by atoms with Crippen molar-refractivity contribution in [3.8, 4) is 0 Å². The Balaban J connectivity index is 2.31. The fourth-order valence-electron chi connectivity index (χ4n) is 2.24. The second kappa shape index (κ2) is 4.07. The zero-order chi connectivity index (χ0) is 9.97. The SMILES string of the molecule is CCC1CCCCC(C)c2nnnn21. The van der Waals surface area contributed by atoms with E-state index in [0.29, 0.717) is 12.0 Å². The number of tetrazole rings is 1. The largest absolute Gasteiger partial charge is 0.226 e. The molecule has 0 amide bonds. The quantitative estimate of drug-likeness (QED) is 0.689. The molecule has 78 valence electrons. The minimum absolute atomic E-state index is 0.513. The highest BCUT2D eigenvalue weighted by molar-refractivity contribution is 4.94. The average molecular weight is 194 g/mol. The van der Waals surface area contributed by atoms with Crippen LogP contribution in [0.5, 0.6) is 0 Å². The monoisotopic (exact) mass is 194 g/mol. The topological polar surface area (TPSA) is 43.6 Å². The molecule has 1 aliphatic heterocycles. The van der Waals surface area contributed by atoms with Crippen LogP contribution in [0.1, 0.15) is 63.7 Å². The van der Waals surface area contributed by atoms with Crippen LogP contribution in [0.2, 0.25) is 0 Å². The summed E-state index contributed by atoms with van der Waals surface area (Å²) in [6, 6.07) is 0.516. The van der Waals surface area contributed by atoms with Gasteiger partial charge in [0.2, 0.25) is 0 Å². The third-order valence-corrected chi connectivity index (χ3v) is 3.20. The summed E-state index contributed by atoms with van der Waals surface area (Å²) in [5.74, 6) is 1.59. The Labute approximate surface area is 84.7 Å². The molecule has 0 aromatic carbocycles. The predicted molar refractivity (Wildman–Crippen MR) is 54.0 cm³/mol. The first-order valence-electron chi connectivity index (χ1n) is 5.60. The summed E-state index contributed by atoms with van der Waals surface area (Å²) in [4.78, 5) is 0. The molecule has 0 saturated carbocycles. The Kier molecular flexibility index (Phi) is 2.79. The first-order valence-corrected chi connectivity index (χ1v) is 5.60. The lowest BCUT2D eigenvalue weighted by molar-refractivity contribution is 0.345. The van der Waals surface area contributed by atoms with Gasteiger partial charge < -0.3 is 0 Å². The van der Waals surface area contributed by atoms with Gasteiger partial charge in [0.1, 0.15) is 0 Å². The first-order chi connectivity index (χ1) is 6.83. The fourth-order valence-corrected chi connectivity index (χ4v) is 2.24. The Morgan fingerprint density at radius 2 is 2.14 bits per heavy atom. The van der Waals surface area contributed by atoms with Crippen LogP contribution in [-0.4, -0.2) is 20.2 Å². The van der Waals surface area contributed by atoms with Crippen LogP contribution < -0.4 is 0 Å². The van der Waals surface area contributed by atoms with Gasteiger partial charge in [-0.1, -0.05) is 26.7 Å². The Morgan fingerprint density at radius 1 is 1.36 bits per heavy atom. The van der Waals surface area contributed by atoms with E-state index in [1.165, 1.54) is 25.7 Å². The molecule has 0 saturated heterocycles. The number of hydrogen-bond donors (Lipinski definition) is 0. The Hall–Kier alpha value is -0.930. The van der Waals surface area contributed by atoms with Crippen LogP contribution in [0.15, 0.2) is 0 Å². The number of aromatic nitrogens is 4. The van der Waals surface area contributed by atoms with E-state index in [1.807, 2.05) is 4.68 Å². The molecule has 1 aromatic rings. The summed E-state index contributed by atoms with van der Waals surface area (Å²) >= 11 is 0. The minimum Gasteiger partial charge on any atom is -0.226 e. The maximum Gasteiger partial charge on any atom is 0.154 e. The molecule has 2 heterocycles. The second-order valence-corrected chi connectivity index (χ2v) is 4.23. The molecular weight excluding hydrogens is 176 g/mol. The van der Waals surface area contributed by atoms with Gasteiger partial charge in [-0.05, 0) is 29.7 Å². The summed E-state index contributed by atoms with van der Waals surface area (Å²) in [5.41, 5.74) is 0. The van der Waals surface area contributed by atoms with Gasteiger partial charge in [-0.2, -0.15) is 0 Å². The molecule has 0 N–H and O–H groups in total. The van der Waals surface area contributed by atoms with Crippen molar-refractivity contribution in [1.82, 2.24) is 20.2 Å². The summed E-state index contributed by atoms with van der Waals surface area (Å²) in [6.45, 7) is 4.43. The molecule has 0 spiro atoms. The van der Waals surface area contributed by atoms with Crippen molar-refractivity contribution in [1.29, 1.82) is 0 Å². The van der Waals surface area contributed by atoms with Crippen molar-refractivity contribution < 1.29 is 0 Å². The molecule has 14 heavy (non-hydrogen) atoms. The normalized spacial score (nSPS) is 27.9. The third-order valence-electron chi connectivity index (χ3n) is 3.20. The van der Waals surface area contributed by atoms with Crippen LogP contribution in [0.25, 0.3) is 0 Å². The fraction of sp³-hybridized carbons (Fsp3) is 0.900. The van der Waals surface area contributed by atoms with Crippen molar-refractivity contribution >= 4 is 0 Å². The molecule has 2 unspecified atom stereocenters. The predicted octanol–water partition coefficient (Wildman–Crippen LogP) is 2.30. The van der Waals surface area contributed by atoms with Gasteiger partial charge in [0.05, 0.1) is 6.04 Å². The summed E-state index contributed by atoms with van der Waals surface area (Å²) in [7, 11) is 0. The molecule has 4 heteroatoms. The van der Waals surface area contributed by atoms with Crippen LogP contribution >= 0.6 is 0 Å². The molecule has 1 aromatic heterocycles. The van der Waals surface area contributed by atoms with Crippen molar-refractivity contribution in [3.63, 3.8) is 0 Å². The smallest absolute Gasteiger partial charge is 0.154 e. The van der Waals surface area contributed by atoms with E-state index in [-0.39, 0.29) is 0 Å². The molecule has 0 radical (unpaired) electrons. The van der Waals surface area contributed by atoms with E-state index in [4.69, 9.17) is 0 Å². The van der Waals surface area contributed by atoms with Gasteiger partial charge in [-0.25, -0.2) is 4.68 Å². The van der Waals surface area contributed by atoms with Gasteiger partial charge in [-0.3, -0.25) is 0 Å². The van der Waals surface area contributed by atoms with E-state index >= 15 is 0 Å². The van der Waals surface area contributed by atoms with Crippen LogP contribution in [0.4, 0.5) is 0 Å². The molecule has 2 atom stereocenters. The summed E-state index contributed by atoms with van der Waals surface area (Å²) in [6.07, 6.45) is 6.19. The van der Waals surface area contributed by atoms with Crippen LogP contribution in [0, 0.1) is 0 Å². The van der Waals surface area contributed by atoms with E-state index < -0.39 is 0 Å². The molecular formula is C10H18N4. The number of hydrogen-bond acceptors (Lipinski definition) is 3. The first kappa shape index (κ1) is 9.62. The molecule has 2 rings (SSSR count). The zero-order valence-electron chi connectivity index (χ0n) is 8.98. The van der Waals surface area contributed by atoms with Gasteiger partial charge in [-0.15, -0.1) is 5.10 Å². The lowest BCUT2D eigenvalue weighted by Gasteiger charge is -2.22. The molecule has 1 aliphatic rings. The lowest BCUT2D eigenvalue weighted by Crippen LogP contribution is -2.17. The molecule has 0 bridgehead atoms. The second-order valence-electron chi connectivity index (χ2n) is 4.23. The van der Waals surface area contributed by atoms with Crippen LogP contribution in [-0.2, 0) is 0 Å². The van der Waals surface area contributed by atoms with Gasteiger partial charge >= 0.3 is 0 Å². The van der Waals surface area contributed by atoms with Crippen LogP contribution in [0.3, 0.4) is 0 Å². The third kappa shape index (κ3) is 1.65. The Bertz CT molecular complexity index is 294. The Morgan fingerprint density at radius 3 is 2.93 bits per heavy atom. The van der Waals surface area contributed by atoms with Gasteiger partial charge in [0.25, 0.3) is 0 Å². The molecule has 0 aliphatic carbocycles. The number of nitrogens with zero attached hydrogens (tertiary/aromatic N) is 4. The van der Waals surface area contributed by atoms with Crippen molar-refractivity contribution in [3.05, 3.63) is 5.82 Å². The van der Waals surface area contributed by atoms with E-state index in [1.54, 1.807) is 0 Å². The average Bonchev–Trinajstić information content (AvgIpc) is 2.63. The molecule has 4 nitrogen and oxygen atoms in total. The summed E-state index contributed by atoms with van der Waals surface area (Å²) in [5, 5.41) is 12.1. The number of fused-ring (bicyclic) bond motifs is 1. The number of rotatable bonds is 1. The van der Waals surface area contributed by atoms with Crippen molar-refractivity contribution in [2.75, 3.05) is 0 Å².